The van der Waals surface area contributed by atoms with Gasteiger partial charge < -0.3 is 15.0 Å². The summed E-state index contributed by atoms with van der Waals surface area (Å²) >= 11 is 0. The van der Waals surface area contributed by atoms with Crippen molar-refractivity contribution >= 4 is 17.5 Å². The number of methoxy groups -OCH3 is 1. The maximum Gasteiger partial charge on any atom is 0.227 e. The van der Waals surface area contributed by atoms with Gasteiger partial charge in [-0.05, 0) is 42.7 Å². The molecule has 2 amide bonds. The monoisotopic (exact) mass is 407 g/mol. The van der Waals surface area contributed by atoms with Crippen molar-refractivity contribution in [2.45, 2.75) is 31.8 Å². The molecule has 2 fully saturated rings. The smallest absolute Gasteiger partial charge is 0.227 e. The van der Waals surface area contributed by atoms with Crippen molar-refractivity contribution in [2.24, 2.45) is 5.92 Å². The van der Waals surface area contributed by atoms with Gasteiger partial charge in [0.2, 0.25) is 11.8 Å². The van der Waals surface area contributed by atoms with Gasteiger partial charge in [0.25, 0.3) is 0 Å². The molecule has 6 heteroatoms. The lowest BCUT2D eigenvalue weighted by atomic mass is 10.0. The van der Waals surface area contributed by atoms with E-state index in [0.717, 1.165) is 43.9 Å². The van der Waals surface area contributed by atoms with E-state index in [0.29, 0.717) is 6.54 Å². The molecule has 1 atom stereocenters. The van der Waals surface area contributed by atoms with Crippen LogP contribution in [0.3, 0.4) is 0 Å². The summed E-state index contributed by atoms with van der Waals surface area (Å²) in [5.74, 6) is 0.458. The Labute approximate surface area is 177 Å². The van der Waals surface area contributed by atoms with Crippen LogP contribution in [0.15, 0.2) is 54.6 Å². The van der Waals surface area contributed by atoms with Crippen LogP contribution in [0.25, 0.3) is 0 Å². The van der Waals surface area contributed by atoms with E-state index in [2.05, 4.69) is 34.5 Å². The van der Waals surface area contributed by atoms with Crippen LogP contribution in [0.2, 0.25) is 0 Å². The van der Waals surface area contributed by atoms with Crippen molar-refractivity contribution in [3.05, 3.63) is 60.2 Å². The summed E-state index contributed by atoms with van der Waals surface area (Å²) in [6.07, 6.45) is 2.16. The number of ether oxygens (including phenoxy) is 1. The zero-order valence-electron chi connectivity index (χ0n) is 17.4. The minimum atomic E-state index is -0.290. The lowest BCUT2D eigenvalue weighted by Gasteiger charge is -2.32. The molecule has 0 bridgehead atoms. The second kappa shape index (κ2) is 9.30. The Morgan fingerprint density at radius 3 is 2.43 bits per heavy atom. The first-order valence-corrected chi connectivity index (χ1v) is 10.6. The normalized spacial score (nSPS) is 20.4. The topological polar surface area (TPSA) is 61.9 Å². The van der Waals surface area contributed by atoms with E-state index in [4.69, 9.17) is 4.74 Å². The molecule has 2 aliphatic heterocycles. The van der Waals surface area contributed by atoms with E-state index in [9.17, 15) is 9.59 Å². The zero-order chi connectivity index (χ0) is 20.9. The van der Waals surface area contributed by atoms with Crippen LogP contribution < -0.4 is 15.0 Å². The summed E-state index contributed by atoms with van der Waals surface area (Å²) in [5, 5.41) is 3.19. The van der Waals surface area contributed by atoms with E-state index < -0.39 is 0 Å². The summed E-state index contributed by atoms with van der Waals surface area (Å²) in [6.45, 7) is 3.34. The number of rotatable bonds is 6. The number of nitrogens with zero attached hydrogens (tertiary/aromatic N) is 2. The molecule has 0 aliphatic carbocycles. The number of amides is 2. The number of benzene rings is 2. The number of carbonyl (C=O) groups is 2. The van der Waals surface area contributed by atoms with Crippen LogP contribution >= 0.6 is 0 Å². The Hall–Kier alpha value is -2.86. The van der Waals surface area contributed by atoms with Gasteiger partial charge in [-0.2, -0.15) is 0 Å². The first kappa shape index (κ1) is 20.4. The van der Waals surface area contributed by atoms with Crippen LogP contribution in [0, 0.1) is 5.92 Å². The van der Waals surface area contributed by atoms with Crippen LogP contribution in [0.4, 0.5) is 5.69 Å². The van der Waals surface area contributed by atoms with Crippen molar-refractivity contribution in [3.8, 4) is 5.75 Å². The number of nitrogens with one attached hydrogen (secondary N) is 1. The molecule has 158 valence electrons. The average Bonchev–Trinajstić information content (AvgIpc) is 3.18. The molecular weight excluding hydrogens is 378 g/mol. The van der Waals surface area contributed by atoms with Gasteiger partial charge in [-0.3, -0.25) is 14.5 Å². The second-order valence-corrected chi connectivity index (χ2v) is 8.15. The van der Waals surface area contributed by atoms with E-state index in [1.54, 1.807) is 12.0 Å². The third-order valence-electron chi connectivity index (χ3n) is 6.06. The summed E-state index contributed by atoms with van der Waals surface area (Å²) in [5.41, 5.74) is 2.13. The summed E-state index contributed by atoms with van der Waals surface area (Å²) in [6, 6.07) is 18.1. The van der Waals surface area contributed by atoms with E-state index in [1.165, 1.54) is 5.56 Å². The van der Waals surface area contributed by atoms with Crippen LogP contribution in [0.1, 0.15) is 24.8 Å². The fourth-order valence-electron chi connectivity index (χ4n) is 4.29. The third kappa shape index (κ3) is 4.82. The highest BCUT2D eigenvalue weighted by molar-refractivity contribution is 6.00. The number of carbonyl (C=O) groups excluding carboxylic acids is 2. The molecule has 0 radical (unpaired) electrons. The Balaban J connectivity index is 1.26. The number of likely N-dealkylation sites (tertiary alicyclic amines) is 1. The molecule has 30 heavy (non-hydrogen) atoms. The lowest BCUT2D eigenvalue weighted by molar-refractivity contribution is -0.127. The number of piperidine rings is 1. The van der Waals surface area contributed by atoms with Crippen molar-refractivity contribution < 1.29 is 14.3 Å². The third-order valence-corrected chi connectivity index (χ3v) is 6.06. The fraction of sp³-hybridized carbons (Fsp3) is 0.417. The molecule has 2 heterocycles. The molecule has 1 N–H and O–H groups in total. The SMILES string of the molecule is COc1ccc(N2C[C@@H](C(=O)NC3CCN(Cc4ccccc4)CC3)CC2=O)cc1. The molecule has 2 aromatic carbocycles. The molecule has 0 aromatic heterocycles. The molecule has 0 unspecified atom stereocenters. The fourth-order valence-corrected chi connectivity index (χ4v) is 4.29. The minimum absolute atomic E-state index is 0.000807. The quantitative estimate of drug-likeness (QED) is 0.800. The van der Waals surface area contributed by atoms with Gasteiger partial charge in [-0.1, -0.05) is 30.3 Å². The largest absolute Gasteiger partial charge is 0.497 e. The molecular formula is C24H29N3O3. The van der Waals surface area contributed by atoms with Gasteiger partial charge in [0.1, 0.15) is 5.75 Å². The standard InChI is InChI=1S/C24H29N3O3/c1-30-22-9-7-21(8-10-22)27-17-19(15-23(27)28)24(29)25-20-11-13-26(14-12-20)16-18-5-3-2-4-6-18/h2-10,19-20H,11-17H2,1H3,(H,25,29)/t19-/m0/s1. The predicted octanol–water partition coefficient (Wildman–Crippen LogP) is 2.83. The molecule has 2 aromatic rings. The molecule has 2 saturated heterocycles. The van der Waals surface area contributed by atoms with Crippen molar-refractivity contribution in [1.29, 1.82) is 0 Å². The lowest BCUT2D eigenvalue weighted by Crippen LogP contribution is -2.46. The molecule has 4 rings (SSSR count). The Morgan fingerprint density at radius 1 is 1.07 bits per heavy atom. The highest BCUT2D eigenvalue weighted by Gasteiger charge is 2.36. The summed E-state index contributed by atoms with van der Waals surface area (Å²) < 4.78 is 5.17. The van der Waals surface area contributed by atoms with Crippen LogP contribution in [-0.2, 0) is 16.1 Å². The van der Waals surface area contributed by atoms with Crippen molar-refractivity contribution in [3.63, 3.8) is 0 Å². The van der Waals surface area contributed by atoms with Gasteiger partial charge >= 0.3 is 0 Å². The van der Waals surface area contributed by atoms with Crippen molar-refractivity contribution in [1.82, 2.24) is 10.2 Å². The van der Waals surface area contributed by atoms with E-state index >= 15 is 0 Å². The minimum Gasteiger partial charge on any atom is -0.497 e. The number of hydrogen-bond donors (Lipinski definition) is 1. The second-order valence-electron chi connectivity index (χ2n) is 8.15. The van der Waals surface area contributed by atoms with Gasteiger partial charge in [-0.25, -0.2) is 0 Å². The van der Waals surface area contributed by atoms with Gasteiger partial charge in [0.05, 0.1) is 13.0 Å². The zero-order valence-corrected chi connectivity index (χ0v) is 17.4. The van der Waals surface area contributed by atoms with Gasteiger partial charge in [-0.15, -0.1) is 0 Å². The molecule has 2 aliphatic rings. The Bertz CT molecular complexity index is 861. The van der Waals surface area contributed by atoms with E-state index in [-0.39, 0.29) is 30.2 Å². The maximum absolute atomic E-state index is 12.8. The predicted molar refractivity (Wildman–Crippen MR) is 116 cm³/mol. The van der Waals surface area contributed by atoms with Crippen molar-refractivity contribution in [2.75, 3.05) is 31.6 Å². The number of hydrogen-bond acceptors (Lipinski definition) is 4. The Morgan fingerprint density at radius 2 is 1.77 bits per heavy atom. The summed E-state index contributed by atoms with van der Waals surface area (Å²) in [7, 11) is 1.61. The highest BCUT2D eigenvalue weighted by atomic mass is 16.5. The maximum atomic E-state index is 12.8. The van der Waals surface area contributed by atoms with Gasteiger partial charge in [0, 0.05) is 44.3 Å². The first-order chi connectivity index (χ1) is 14.6. The average molecular weight is 408 g/mol. The highest BCUT2D eigenvalue weighted by Crippen LogP contribution is 2.27. The first-order valence-electron chi connectivity index (χ1n) is 10.6. The van der Waals surface area contributed by atoms with Gasteiger partial charge in [0.15, 0.2) is 0 Å². The Kier molecular flexibility index (Phi) is 6.33. The molecule has 0 saturated carbocycles. The molecule has 6 nitrogen and oxygen atoms in total. The van der Waals surface area contributed by atoms with E-state index in [1.807, 2.05) is 30.3 Å². The summed E-state index contributed by atoms with van der Waals surface area (Å²) in [4.78, 5) is 29.4. The van der Waals surface area contributed by atoms with Crippen LogP contribution in [0.5, 0.6) is 5.75 Å². The number of anilines is 1. The molecule has 0 spiro atoms. The van der Waals surface area contributed by atoms with Crippen LogP contribution in [-0.4, -0.2) is 49.5 Å².